The highest BCUT2D eigenvalue weighted by Gasteiger charge is 2.17. The fourth-order valence-electron chi connectivity index (χ4n) is 2.58. The molecule has 0 atom stereocenters. The molecular weight excluding hydrogens is 212 g/mol. The minimum atomic E-state index is 0.582. The Labute approximate surface area is 104 Å². The van der Waals surface area contributed by atoms with Crippen LogP contribution in [0.15, 0.2) is 6.33 Å². The number of hydrogen-bond donors (Lipinski definition) is 1. The SMILES string of the molecule is CCCNCc1ncnn1C1CCCCCC1. The molecule has 0 bridgehead atoms. The van der Waals surface area contributed by atoms with Gasteiger partial charge in [-0.05, 0) is 25.8 Å². The maximum absolute atomic E-state index is 4.43. The van der Waals surface area contributed by atoms with Crippen LogP contribution in [0.1, 0.15) is 63.7 Å². The summed E-state index contributed by atoms with van der Waals surface area (Å²) in [4.78, 5) is 4.38. The van der Waals surface area contributed by atoms with Crippen LogP contribution in [-0.2, 0) is 6.54 Å². The molecule has 1 heterocycles. The summed E-state index contributed by atoms with van der Waals surface area (Å²) in [6, 6.07) is 0.582. The van der Waals surface area contributed by atoms with Crippen LogP contribution >= 0.6 is 0 Å². The molecule has 1 fully saturated rings. The predicted octanol–water partition coefficient (Wildman–Crippen LogP) is 2.67. The molecule has 1 aromatic heterocycles. The molecule has 1 aromatic rings. The fraction of sp³-hybridized carbons (Fsp3) is 0.846. The Hall–Kier alpha value is -0.900. The molecular formula is C13H24N4. The topological polar surface area (TPSA) is 42.7 Å². The highest BCUT2D eigenvalue weighted by Crippen LogP contribution is 2.26. The molecule has 1 aliphatic rings. The summed E-state index contributed by atoms with van der Waals surface area (Å²) in [5.74, 6) is 1.10. The van der Waals surface area contributed by atoms with Gasteiger partial charge in [0.1, 0.15) is 12.2 Å². The zero-order valence-electron chi connectivity index (χ0n) is 10.9. The molecule has 1 saturated carbocycles. The quantitative estimate of drug-likeness (QED) is 0.631. The van der Waals surface area contributed by atoms with E-state index in [1.54, 1.807) is 6.33 Å². The zero-order valence-corrected chi connectivity index (χ0v) is 10.9. The lowest BCUT2D eigenvalue weighted by atomic mass is 10.1. The van der Waals surface area contributed by atoms with Crippen LogP contribution in [0.25, 0.3) is 0 Å². The molecule has 0 unspecified atom stereocenters. The average molecular weight is 236 g/mol. The van der Waals surface area contributed by atoms with E-state index >= 15 is 0 Å². The van der Waals surface area contributed by atoms with Gasteiger partial charge in [0.05, 0.1) is 12.6 Å². The Bertz CT molecular complexity index is 313. The van der Waals surface area contributed by atoms with E-state index in [0.29, 0.717) is 6.04 Å². The van der Waals surface area contributed by atoms with Gasteiger partial charge in [-0.15, -0.1) is 0 Å². The molecule has 0 spiro atoms. The van der Waals surface area contributed by atoms with Gasteiger partial charge in [-0.3, -0.25) is 0 Å². The minimum Gasteiger partial charge on any atom is -0.310 e. The van der Waals surface area contributed by atoms with Crippen molar-refractivity contribution < 1.29 is 0 Å². The number of rotatable bonds is 5. The zero-order chi connectivity index (χ0) is 11.9. The van der Waals surface area contributed by atoms with Gasteiger partial charge in [0, 0.05) is 0 Å². The third-order valence-corrected chi connectivity index (χ3v) is 3.53. The highest BCUT2D eigenvalue weighted by atomic mass is 15.4. The second-order valence-corrected chi connectivity index (χ2v) is 4.94. The Kier molecular flexibility index (Phi) is 4.98. The van der Waals surface area contributed by atoms with Crippen LogP contribution in [-0.4, -0.2) is 21.3 Å². The fourth-order valence-corrected chi connectivity index (χ4v) is 2.58. The van der Waals surface area contributed by atoms with Gasteiger partial charge in [0.2, 0.25) is 0 Å². The van der Waals surface area contributed by atoms with Crippen molar-refractivity contribution in [2.45, 2.75) is 64.5 Å². The van der Waals surface area contributed by atoms with Gasteiger partial charge in [-0.25, -0.2) is 9.67 Å². The van der Waals surface area contributed by atoms with Crippen molar-refractivity contribution in [3.05, 3.63) is 12.2 Å². The summed E-state index contributed by atoms with van der Waals surface area (Å²) in [6.07, 6.45) is 10.8. The van der Waals surface area contributed by atoms with E-state index < -0.39 is 0 Å². The van der Waals surface area contributed by atoms with Crippen LogP contribution in [0.4, 0.5) is 0 Å². The average Bonchev–Trinajstić information content (AvgIpc) is 2.63. The molecule has 0 amide bonds. The molecule has 0 aromatic carbocycles. The first-order chi connectivity index (χ1) is 8.42. The molecule has 1 N–H and O–H groups in total. The molecule has 17 heavy (non-hydrogen) atoms. The molecule has 0 radical (unpaired) electrons. The van der Waals surface area contributed by atoms with E-state index in [-0.39, 0.29) is 0 Å². The largest absolute Gasteiger partial charge is 0.310 e. The van der Waals surface area contributed by atoms with Gasteiger partial charge in [-0.2, -0.15) is 5.10 Å². The molecule has 1 aliphatic carbocycles. The third-order valence-electron chi connectivity index (χ3n) is 3.53. The monoisotopic (exact) mass is 236 g/mol. The van der Waals surface area contributed by atoms with E-state index in [2.05, 4.69) is 27.0 Å². The lowest BCUT2D eigenvalue weighted by molar-refractivity contribution is 0.386. The van der Waals surface area contributed by atoms with Crippen LogP contribution in [0.3, 0.4) is 0 Å². The first-order valence-corrected chi connectivity index (χ1v) is 7.01. The van der Waals surface area contributed by atoms with Crippen molar-refractivity contribution in [1.29, 1.82) is 0 Å². The molecule has 0 saturated heterocycles. The molecule has 4 nitrogen and oxygen atoms in total. The standard InChI is InChI=1S/C13H24N4/c1-2-9-14-10-13-15-11-16-17(13)12-7-5-3-4-6-8-12/h11-12,14H,2-10H2,1H3. The van der Waals surface area contributed by atoms with Crippen molar-refractivity contribution >= 4 is 0 Å². The van der Waals surface area contributed by atoms with E-state index in [4.69, 9.17) is 0 Å². The van der Waals surface area contributed by atoms with Gasteiger partial charge in [0.15, 0.2) is 0 Å². The number of aromatic nitrogens is 3. The van der Waals surface area contributed by atoms with Gasteiger partial charge >= 0.3 is 0 Å². The number of nitrogens with zero attached hydrogens (tertiary/aromatic N) is 3. The summed E-state index contributed by atoms with van der Waals surface area (Å²) >= 11 is 0. The molecule has 0 aliphatic heterocycles. The van der Waals surface area contributed by atoms with E-state index in [0.717, 1.165) is 25.3 Å². The van der Waals surface area contributed by atoms with Crippen LogP contribution < -0.4 is 5.32 Å². The third kappa shape index (κ3) is 3.53. The summed E-state index contributed by atoms with van der Waals surface area (Å²) in [7, 11) is 0. The lowest BCUT2D eigenvalue weighted by Gasteiger charge is -2.17. The molecule has 2 rings (SSSR count). The van der Waals surface area contributed by atoms with E-state index in [9.17, 15) is 0 Å². The summed E-state index contributed by atoms with van der Waals surface area (Å²) < 4.78 is 2.16. The normalized spacial score (nSPS) is 18.2. The van der Waals surface area contributed by atoms with Gasteiger partial charge in [-0.1, -0.05) is 32.6 Å². The van der Waals surface area contributed by atoms with Crippen LogP contribution in [0, 0.1) is 0 Å². The summed E-state index contributed by atoms with van der Waals surface area (Å²) in [5, 5.41) is 7.84. The predicted molar refractivity (Wildman–Crippen MR) is 68.8 cm³/mol. The van der Waals surface area contributed by atoms with Gasteiger partial charge in [0.25, 0.3) is 0 Å². The lowest BCUT2D eigenvalue weighted by Crippen LogP contribution is -2.20. The van der Waals surface area contributed by atoms with Crippen LogP contribution in [0.5, 0.6) is 0 Å². The van der Waals surface area contributed by atoms with Gasteiger partial charge < -0.3 is 5.32 Å². The van der Waals surface area contributed by atoms with Crippen molar-refractivity contribution in [2.75, 3.05) is 6.54 Å². The van der Waals surface area contributed by atoms with E-state index in [1.807, 2.05) is 0 Å². The molecule has 4 heteroatoms. The second kappa shape index (κ2) is 6.74. The minimum absolute atomic E-state index is 0.582. The second-order valence-electron chi connectivity index (χ2n) is 4.94. The van der Waals surface area contributed by atoms with Crippen LogP contribution in [0.2, 0.25) is 0 Å². The molecule has 96 valence electrons. The summed E-state index contributed by atoms with van der Waals surface area (Å²) in [5.41, 5.74) is 0. The maximum atomic E-state index is 4.43. The Balaban J connectivity index is 1.96. The Morgan fingerprint density at radius 2 is 2.06 bits per heavy atom. The first kappa shape index (κ1) is 12.6. The first-order valence-electron chi connectivity index (χ1n) is 7.01. The maximum Gasteiger partial charge on any atom is 0.141 e. The van der Waals surface area contributed by atoms with Crippen molar-refractivity contribution in [3.8, 4) is 0 Å². The van der Waals surface area contributed by atoms with Crippen molar-refractivity contribution in [2.24, 2.45) is 0 Å². The number of nitrogens with one attached hydrogen (secondary N) is 1. The van der Waals surface area contributed by atoms with E-state index in [1.165, 1.54) is 38.5 Å². The summed E-state index contributed by atoms with van der Waals surface area (Å²) in [6.45, 7) is 4.09. The smallest absolute Gasteiger partial charge is 0.141 e. The number of hydrogen-bond acceptors (Lipinski definition) is 3. The van der Waals surface area contributed by atoms with Crippen molar-refractivity contribution in [1.82, 2.24) is 20.1 Å². The Morgan fingerprint density at radius 1 is 1.29 bits per heavy atom. The highest BCUT2D eigenvalue weighted by molar-refractivity contribution is 4.88. The Morgan fingerprint density at radius 3 is 2.76 bits per heavy atom. The van der Waals surface area contributed by atoms with Crippen molar-refractivity contribution in [3.63, 3.8) is 0 Å².